The van der Waals surface area contributed by atoms with E-state index in [9.17, 15) is 9.59 Å². The second-order valence-corrected chi connectivity index (χ2v) is 3.75. The van der Waals surface area contributed by atoms with Gasteiger partial charge in [0.25, 0.3) is 0 Å². The fraction of sp³-hybridized carbons (Fsp3) is 0.667. The summed E-state index contributed by atoms with van der Waals surface area (Å²) < 4.78 is 0. The fourth-order valence-corrected chi connectivity index (χ4v) is 1.71. The Morgan fingerprint density at radius 3 is 2.91 bits per heavy atom. The number of hydrogen-bond donors (Lipinski definition) is 2. The monoisotopic (exact) mass is 175 g/mol. The van der Waals surface area contributed by atoms with Crippen molar-refractivity contribution in [2.24, 2.45) is 0 Å². The molecule has 1 aliphatic heterocycles. The van der Waals surface area contributed by atoms with Gasteiger partial charge in [-0.1, -0.05) is 0 Å². The van der Waals surface area contributed by atoms with E-state index in [1.165, 1.54) is 11.8 Å². The highest BCUT2D eigenvalue weighted by Gasteiger charge is 2.29. The first-order valence-corrected chi connectivity index (χ1v) is 4.31. The van der Waals surface area contributed by atoms with Crippen LogP contribution in [0.1, 0.15) is 6.92 Å². The van der Waals surface area contributed by atoms with E-state index < -0.39 is 12.0 Å². The summed E-state index contributed by atoms with van der Waals surface area (Å²) in [5.74, 6) is -0.686. The van der Waals surface area contributed by atoms with Crippen molar-refractivity contribution in [3.8, 4) is 0 Å². The van der Waals surface area contributed by atoms with E-state index in [1.807, 2.05) is 0 Å². The predicted octanol–water partition coefficient (Wildman–Crippen LogP) is -0.309. The molecule has 1 aliphatic rings. The van der Waals surface area contributed by atoms with Crippen LogP contribution in [0.2, 0.25) is 0 Å². The lowest BCUT2D eigenvalue weighted by atomic mass is 10.3. The van der Waals surface area contributed by atoms with Gasteiger partial charge in [0, 0.05) is 5.75 Å². The topological polar surface area (TPSA) is 66.4 Å². The van der Waals surface area contributed by atoms with Crippen LogP contribution in [-0.2, 0) is 9.59 Å². The summed E-state index contributed by atoms with van der Waals surface area (Å²) in [7, 11) is 0. The molecule has 0 aromatic carbocycles. The van der Waals surface area contributed by atoms with Crippen molar-refractivity contribution >= 4 is 23.6 Å². The van der Waals surface area contributed by atoms with Gasteiger partial charge in [-0.3, -0.25) is 4.79 Å². The quantitative estimate of drug-likeness (QED) is 0.573. The van der Waals surface area contributed by atoms with Crippen LogP contribution in [0, 0.1) is 0 Å². The molecule has 11 heavy (non-hydrogen) atoms. The number of rotatable bonds is 1. The number of aliphatic carboxylic acids is 1. The first kappa shape index (κ1) is 8.39. The third-order valence-corrected chi connectivity index (χ3v) is 2.74. The van der Waals surface area contributed by atoms with E-state index in [0.717, 1.165) is 0 Å². The largest absolute Gasteiger partial charge is 0.480 e. The maximum absolute atomic E-state index is 10.9. The molecule has 2 atom stereocenters. The van der Waals surface area contributed by atoms with E-state index in [2.05, 4.69) is 5.32 Å². The van der Waals surface area contributed by atoms with Crippen molar-refractivity contribution in [1.82, 2.24) is 5.32 Å². The normalized spacial score (nSPS) is 31.2. The van der Waals surface area contributed by atoms with Gasteiger partial charge in [-0.2, -0.15) is 0 Å². The van der Waals surface area contributed by atoms with Gasteiger partial charge in [-0.15, -0.1) is 11.8 Å². The summed E-state index contributed by atoms with van der Waals surface area (Å²) in [6.07, 6.45) is 0. The van der Waals surface area contributed by atoms with Crippen LogP contribution in [-0.4, -0.2) is 34.0 Å². The highest BCUT2D eigenvalue weighted by molar-refractivity contribution is 8.00. The first-order valence-electron chi connectivity index (χ1n) is 3.26. The summed E-state index contributed by atoms with van der Waals surface area (Å²) in [4.78, 5) is 21.3. The molecule has 1 amide bonds. The van der Waals surface area contributed by atoms with Crippen LogP contribution in [0.4, 0.5) is 0 Å². The van der Waals surface area contributed by atoms with Crippen molar-refractivity contribution in [2.75, 3.05) is 5.75 Å². The number of thioether (sulfide) groups is 1. The third kappa shape index (κ3) is 1.86. The molecule has 0 bridgehead atoms. The standard InChI is InChI=1S/C6H9NO3S/c1-3-5(8)7-4(2-11-3)6(9)10/h3-4H,2H2,1H3,(H,7,8)(H,9,10)/t3-,4-/m0/s1. The number of nitrogens with one attached hydrogen (secondary N) is 1. The average Bonchev–Trinajstić information content (AvgIpc) is 1.94. The van der Waals surface area contributed by atoms with Crippen molar-refractivity contribution in [3.63, 3.8) is 0 Å². The van der Waals surface area contributed by atoms with Crippen LogP contribution in [0.25, 0.3) is 0 Å². The van der Waals surface area contributed by atoms with Gasteiger partial charge >= 0.3 is 5.97 Å². The predicted molar refractivity (Wildman–Crippen MR) is 41.5 cm³/mol. The van der Waals surface area contributed by atoms with Crippen LogP contribution < -0.4 is 5.32 Å². The van der Waals surface area contributed by atoms with E-state index in [-0.39, 0.29) is 11.2 Å². The van der Waals surface area contributed by atoms with Crippen LogP contribution in [0.3, 0.4) is 0 Å². The molecule has 0 radical (unpaired) electrons. The third-order valence-electron chi connectivity index (χ3n) is 1.50. The summed E-state index contributed by atoms with van der Waals surface area (Å²) in [5, 5.41) is 10.8. The second-order valence-electron chi connectivity index (χ2n) is 2.37. The van der Waals surface area contributed by atoms with Gasteiger partial charge in [0.1, 0.15) is 6.04 Å². The van der Waals surface area contributed by atoms with E-state index in [4.69, 9.17) is 5.11 Å². The molecule has 0 unspecified atom stereocenters. The molecular formula is C6H9NO3S. The number of carbonyl (C=O) groups excluding carboxylic acids is 1. The highest BCUT2D eigenvalue weighted by Crippen LogP contribution is 2.16. The van der Waals surface area contributed by atoms with Gasteiger partial charge < -0.3 is 10.4 Å². The summed E-state index contributed by atoms with van der Waals surface area (Å²) in [6, 6.07) is -0.705. The fourth-order valence-electron chi connectivity index (χ4n) is 0.780. The maximum atomic E-state index is 10.9. The minimum atomic E-state index is -0.960. The average molecular weight is 175 g/mol. The Bertz CT molecular complexity index is 194. The van der Waals surface area contributed by atoms with Gasteiger partial charge in [0.2, 0.25) is 5.91 Å². The molecule has 1 fully saturated rings. The molecule has 0 aromatic rings. The molecular weight excluding hydrogens is 166 g/mol. The summed E-state index contributed by atoms with van der Waals surface area (Å²) in [5.41, 5.74) is 0. The molecule has 62 valence electrons. The number of amides is 1. The van der Waals surface area contributed by atoms with Crippen LogP contribution in [0.15, 0.2) is 0 Å². The van der Waals surface area contributed by atoms with Crippen molar-refractivity contribution in [3.05, 3.63) is 0 Å². The Hall–Kier alpha value is -0.710. The van der Waals surface area contributed by atoms with Crippen LogP contribution in [0.5, 0.6) is 0 Å². The highest BCUT2D eigenvalue weighted by atomic mass is 32.2. The van der Waals surface area contributed by atoms with E-state index >= 15 is 0 Å². The minimum absolute atomic E-state index is 0.120. The summed E-state index contributed by atoms with van der Waals surface area (Å²) in [6.45, 7) is 1.76. The number of hydrogen-bond acceptors (Lipinski definition) is 3. The number of carbonyl (C=O) groups is 2. The van der Waals surface area contributed by atoms with Crippen LogP contribution >= 0.6 is 11.8 Å². The maximum Gasteiger partial charge on any atom is 0.327 e. The Kier molecular flexibility index (Phi) is 2.38. The van der Waals surface area contributed by atoms with Crippen molar-refractivity contribution < 1.29 is 14.7 Å². The molecule has 0 aromatic heterocycles. The zero-order valence-corrected chi connectivity index (χ0v) is 6.85. The molecule has 4 nitrogen and oxygen atoms in total. The number of carboxylic acids is 1. The molecule has 2 N–H and O–H groups in total. The van der Waals surface area contributed by atoms with Gasteiger partial charge in [-0.05, 0) is 6.92 Å². The van der Waals surface area contributed by atoms with Crippen molar-refractivity contribution in [1.29, 1.82) is 0 Å². The smallest absolute Gasteiger partial charge is 0.327 e. The van der Waals surface area contributed by atoms with Gasteiger partial charge in [0.15, 0.2) is 0 Å². The SMILES string of the molecule is C[C@@H]1SC[C@@H](C(=O)O)NC1=O. The van der Waals surface area contributed by atoms with Crippen molar-refractivity contribution in [2.45, 2.75) is 18.2 Å². The second kappa shape index (κ2) is 3.13. The molecule has 5 heteroatoms. The van der Waals surface area contributed by atoms with Gasteiger partial charge in [0.05, 0.1) is 5.25 Å². The lowest BCUT2D eigenvalue weighted by Gasteiger charge is -2.23. The Morgan fingerprint density at radius 1 is 1.82 bits per heavy atom. The molecule has 0 spiro atoms. The Labute approximate surface area is 68.3 Å². The molecule has 0 aliphatic carbocycles. The molecule has 1 heterocycles. The Morgan fingerprint density at radius 2 is 2.45 bits per heavy atom. The number of carboxylic acid groups (broad SMARTS) is 1. The molecule has 1 rings (SSSR count). The first-order chi connectivity index (χ1) is 5.11. The lowest BCUT2D eigenvalue weighted by Crippen LogP contribution is -2.49. The van der Waals surface area contributed by atoms with E-state index in [1.54, 1.807) is 6.92 Å². The van der Waals surface area contributed by atoms with E-state index in [0.29, 0.717) is 5.75 Å². The lowest BCUT2D eigenvalue weighted by molar-refractivity contribution is -0.141. The molecule has 1 saturated heterocycles. The van der Waals surface area contributed by atoms with Gasteiger partial charge in [-0.25, -0.2) is 4.79 Å². The minimum Gasteiger partial charge on any atom is -0.480 e. The Balaban J connectivity index is 2.53. The zero-order chi connectivity index (χ0) is 8.43. The summed E-state index contributed by atoms with van der Waals surface area (Å²) >= 11 is 1.37. The molecule has 0 saturated carbocycles. The zero-order valence-electron chi connectivity index (χ0n) is 6.03.